The lowest BCUT2D eigenvalue weighted by Gasteiger charge is -2.22. The predicted octanol–water partition coefficient (Wildman–Crippen LogP) is 6.18. The summed E-state index contributed by atoms with van der Waals surface area (Å²) in [6.07, 6.45) is -3.73. The fourth-order valence-corrected chi connectivity index (χ4v) is 5.88. The fraction of sp³-hybridized carbons (Fsp3) is 0.208. The van der Waals surface area contributed by atoms with Crippen molar-refractivity contribution in [1.29, 1.82) is 0 Å². The minimum Gasteiger partial charge on any atom is -0.439 e. The van der Waals surface area contributed by atoms with Gasteiger partial charge in [-0.25, -0.2) is 17.8 Å². The van der Waals surface area contributed by atoms with E-state index >= 15 is 0 Å². The quantitative estimate of drug-likeness (QED) is 0.321. The van der Waals surface area contributed by atoms with Crippen molar-refractivity contribution in [2.45, 2.75) is 30.0 Å². The number of hydrogen-bond donors (Lipinski definition) is 0. The van der Waals surface area contributed by atoms with Gasteiger partial charge in [0.25, 0.3) is 0 Å². The van der Waals surface area contributed by atoms with Crippen LogP contribution in [0.3, 0.4) is 0 Å². The maximum absolute atomic E-state index is 13.6. The van der Waals surface area contributed by atoms with Gasteiger partial charge in [-0.1, -0.05) is 24.3 Å². The standard InChI is InChI=1S/C24H18F4N2O3S/c25-18-6-1-4-15(12-18)16-9-10-22-20(13-16)29-23(33-22)21-8-3-11-30(21)34(31,32)19-7-2-5-17(14-19)24(26,27)28/h1-2,4-7,9-10,12-14,21H,3,8,11H2. The molecule has 1 saturated heterocycles. The van der Waals surface area contributed by atoms with E-state index in [0.717, 1.165) is 22.5 Å². The molecule has 1 aliphatic heterocycles. The van der Waals surface area contributed by atoms with E-state index in [1.54, 1.807) is 30.3 Å². The van der Waals surface area contributed by atoms with Crippen molar-refractivity contribution in [1.82, 2.24) is 9.29 Å². The molecule has 34 heavy (non-hydrogen) atoms. The molecular weight excluding hydrogens is 472 g/mol. The first-order chi connectivity index (χ1) is 16.1. The van der Waals surface area contributed by atoms with Crippen molar-refractivity contribution < 1.29 is 30.4 Å². The zero-order valence-corrected chi connectivity index (χ0v) is 18.4. The average molecular weight is 490 g/mol. The monoisotopic (exact) mass is 490 g/mol. The molecule has 5 nitrogen and oxygen atoms in total. The van der Waals surface area contributed by atoms with E-state index < -0.39 is 32.7 Å². The molecule has 0 spiro atoms. The van der Waals surface area contributed by atoms with Gasteiger partial charge in [0.1, 0.15) is 17.4 Å². The van der Waals surface area contributed by atoms with E-state index in [1.807, 2.05) is 0 Å². The van der Waals surface area contributed by atoms with Crippen LogP contribution in [0.15, 0.2) is 76.0 Å². The Labute approximate surface area is 192 Å². The molecule has 1 fully saturated rings. The van der Waals surface area contributed by atoms with E-state index in [2.05, 4.69) is 4.98 Å². The van der Waals surface area contributed by atoms with Gasteiger partial charge in [0, 0.05) is 6.54 Å². The van der Waals surface area contributed by atoms with Gasteiger partial charge < -0.3 is 4.42 Å². The maximum Gasteiger partial charge on any atom is 0.416 e. The first-order valence-corrected chi connectivity index (χ1v) is 11.9. The van der Waals surface area contributed by atoms with E-state index in [1.165, 1.54) is 12.1 Å². The van der Waals surface area contributed by atoms with Crippen molar-refractivity contribution in [2.75, 3.05) is 6.54 Å². The van der Waals surface area contributed by atoms with Crippen molar-refractivity contribution in [3.8, 4) is 11.1 Å². The topological polar surface area (TPSA) is 63.4 Å². The van der Waals surface area contributed by atoms with Crippen molar-refractivity contribution >= 4 is 21.1 Å². The second-order valence-electron chi connectivity index (χ2n) is 8.04. The second kappa shape index (κ2) is 8.21. The van der Waals surface area contributed by atoms with Gasteiger partial charge in [-0.3, -0.25) is 0 Å². The minimum absolute atomic E-state index is 0.135. The number of aromatic nitrogens is 1. The van der Waals surface area contributed by atoms with Crippen LogP contribution in [0.5, 0.6) is 0 Å². The molecule has 2 heterocycles. The minimum atomic E-state index is -4.66. The molecule has 0 aliphatic carbocycles. The van der Waals surface area contributed by atoms with Crippen molar-refractivity contribution in [3.05, 3.63) is 84.0 Å². The smallest absolute Gasteiger partial charge is 0.416 e. The SMILES string of the molecule is O=S(=O)(c1cccc(C(F)(F)F)c1)N1CCCC1c1nc2cc(-c3cccc(F)c3)ccc2o1. The molecule has 1 atom stereocenters. The third kappa shape index (κ3) is 4.07. The van der Waals surface area contributed by atoms with Crippen LogP contribution in [0.25, 0.3) is 22.2 Å². The Morgan fingerprint density at radius 3 is 2.50 bits per heavy atom. The van der Waals surface area contributed by atoms with Crippen LogP contribution in [0.4, 0.5) is 17.6 Å². The Bertz CT molecular complexity index is 1480. The highest BCUT2D eigenvalue weighted by Crippen LogP contribution is 2.39. The van der Waals surface area contributed by atoms with Crippen molar-refractivity contribution in [2.24, 2.45) is 0 Å². The first kappa shape index (κ1) is 22.5. The number of oxazole rings is 1. The van der Waals surface area contributed by atoms with Crippen LogP contribution in [-0.2, 0) is 16.2 Å². The third-order valence-corrected chi connectivity index (χ3v) is 7.72. The predicted molar refractivity (Wildman–Crippen MR) is 117 cm³/mol. The van der Waals surface area contributed by atoms with E-state index in [4.69, 9.17) is 4.42 Å². The molecule has 10 heteroatoms. The molecule has 1 aromatic heterocycles. The normalized spacial score (nSPS) is 17.5. The number of benzene rings is 3. The molecule has 1 unspecified atom stereocenters. The lowest BCUT2D eigenvalue weighted by Crippen LogP contribution is -2.31. The summed E-state index contributed by atoms with van der Waals surface area (Å²) in [7, 11) is -4.22. The van der Waals surface area contributed by atoms with Crippen molar-refractivity contribution in [3.63, 3.8) is 0 Å². The van der Waals surface area contributed by atoms with Gasteiger partial charge >= 0.3 is 6.18 Å². The lowest BCUT2D eigenvalue weighted by molar-refractivity contribution is -0.137. The molecule has 0 radical (unpaired) electrons. The summed E-state index contributed by atoms with van der Waals surface area (Å²) in [5.41, 5.74) is 1.24. The molecule has 3 aromatic carbocycles. The van der Waals surface area contributed by atoms with Crippen LogP contribution in [0, 0.1) is 5.82 Å². The summed E-state index contributed by atoms with van der Waals surface area (Å²) in [4.78, 5) is 4.04. The Balaban J connectivity index is 1.49. The zero-order valence-electron chi connectivity index (χ0n) is 17.6. The molecule has 176 valence electrons. The van der Waals surface area contributed by atoms with Crippen LogP contribution in [0.2, 0.25) is 0 Å². The van der Waals surface area contributed by atoms with E-state index in [9.17, 15) is 26.0 Å². The molecule has 4 aromatic rings. The van der Waals surface area contributed by atoms with Crippen LogP contribution < -0.4 is 0 Å². The summed E-state index contributed by atoms with van der Waals surface area (Å²) < 4.78 is 86.4. The van der Waals surface area contributed by atoms with Crippen LogP contribution in [-0.4, -0.2) is 24.3 Å². The summed E-state index contributed by atoms with van der Waals surface area (Å²) in [5.74, 6) is -0.209. The highest BCUT2D eigenvalue weighted by atomic mass is 32.2. The van der Waals surface area contributed by atoms with Gasteiger partial charge in [-0.05, 0) is 66.4 Å². The van der Waals surface area contributed by atoms with Gasteiger partial charge in [0.2, 0.25) is 15.9 Å². The summed E-state index contributed by atoms with van der Waals surface area (Å²) >= 11 is 0. The third-order valence-electron chi connectivity index (χ3n) is 5.82. The highest BCUT2D eigenvalue weighted by Gasteiger charge is 2.40. The van der Waals surface area contributed by atoms with Crippen LogP contribution >= 0.6 is 0 Å². The number of halogens is 4. The van der Waals surface area contributed by atoms with Gasteiger partial charge in [0.05, 0.1) is 10.5 Å². The second-order valence-corrected chi connectivity index (χ2v) is 9.93. The number of sulfonamides is 1. The Morgan fingerprint density at radius 1 is 0.971 bits per heavy atom. The number of alkyl halides is 3. The number of fused-ring (bicyclic) bond motifs is 1. The van der Waals surface area contributed by atoms with E-state index in [0.29, 0.717) is 41.1 Å². The summed E-state index contributed by atoms with van der Waals surface area (Å²) in [6, 6.07) is 14.2. The van der Waals surface area contributed by atoms with E-state index in [-0.39, 0.29) is 18.3 Å². The number of hydrogen-bond acceptors (Lipinski definition) is 4. The first-order valence-electron chi connectivity index (χ1n) is 10.5. The maximum atomic E-state index is 13.6. The zero-order chi connectivity index (χ0) is 24.1. The van der Waals surface area contributed by atoms with Gasteiger partial charge in [-0.2, -0.15) is 17.5 Å². The fourth-order valence-electron chi connectivity index (χ4n) is 4.18. The Morgan fingerprint density at radius 2 is 1.74 bits per heavy atom. The molecule has 1 aliphatic rings. The largest absolute Gasteiger partial charge is 0.439 e. The highest BCUT2D eigenvalue weighted by molar-refractivity contribution is 7.89. The summed E-state index contributed by atoms with van der Waals surface area (Å²) in [6.45, 7) is 0.135. The number of nitrogens with zero attached hydrogens (tertiary/aromatic N) is 2. The molecule has 0 N–H and O–H groups in total. The molecule has 0 amide bonds. The number of rotatable bonds is 4. The van der Waals surface area contributed by atoms with Crippen LogP contribution in [0.1, 0.15) is 30.3 Å². The average Bonchev–Trinajstić information content (AvgIpc) is 3.45. The Kier molecular flexibility index (Phi) is 5.44. The van der Waals surface area contributed by atoms with Gasteiger partial charge in [-0.15, -0.1) is 0 Å². The lowest BCUT2D eigenvalue weighted by atomic mass is 10.1. The van der Waals surface area contributed by atoms with Gasteiger partial charge in [0.15, 0.2) is 5.58 Å². The molecule has 5 rings (SSSR count). The molecular formula is C24H18F4N2O3S. The molecule has 0 bridgehead atoms. The molecule has 0 saturated carbocycles. The Hall–Kier alpha value is -3.24. The summed E-state index contributed by atoms with van der Waals surface area (Å²) in [5, 5.41) is 0.